The van der Waals surface area contributed by atoms with Crippen molar-refractivity contribution < 1.29 is 14.6 Å². The molecule has 0 radical (unpaired) electrons. The van der Waals surface area contributed by atoms with Gasteiger partial charge in [-0.15, -0.1) is 0 Å². The molecule has 1 aliphatic rings. The quantitative estimate of drug-likeness (QED) is 0.622. The van der Waals surface area contributed by atoms with Crippen LogP contribution in [0.3, 0.4) is 0 Å². The first-order chi connectivity index (χ1) is 6.88. The van der Waals surface area contributed by atoms with Crippen LogP contribution in [0, 0.1) is 0 Å². The number of morpholine rings is 1. The van der Waals surface area contributed by atoms with Gasteiger partial charge in [0.25, 0.3) is 0 Å². The third-order valence-electron chi connectivity index (χ3n) is 2.61. The fourth-order valence-corrected chi connectivity index (χ4v) is 1.81. The summed E-state index contributed by atoms with van der Waals surface area (Å²) in [5.41, 5.74) is 0. The summed E-state index contributed by atoms with van der Waals surface area (Å²) in [5.74, 6) is 0. The van der Waals surface area contributed by atoms with Crippen molar-refractivity contribution in [3.8, 4) is 0 Å². The van der Waals surface area contributed by atoms with E-state index in [9.17, 15) is 0 Å². The van der Waals surface area contributed by atoms with Gasteiger partial charge in [-0.3, -0.25) is 4.90 Å². The van der Waals surface area contributed by atoms with Gasteiger partial charge in [0.1, 0.15) is 0 Å². The number of rotatable bonds is 6. The lowest BCUT2D eigenvalue weighted by atomic mass is 10.1. The molecule has 0 amide bonds. The van der Waals surface area contributed by atoms with E-state index in [2.05, 4.69) is 4.90 Å². The molecule has 4 nitrogen and oxygen atoms in total. The van der Waals surface area contributed by atoms with E-state index in [1.54, 1.807) is 7.11 Å². The summed E-state index contributed by atoms with van der Waals surface area (Å²) >= 11 is 0. The highest BCUT2D eigenvalue weighted by atomic mass is 16.5. The lowest BCUT2D eigenvalue weighted by molar-refractivity contribution is -0.0181. The number of hydrogen-bond donors (Lipinski definition) is 1. The van der Waals surface area contributed by atoms with Crippen molar-refractivity contribution in [1.82, 2.24) is 4.90 Å². The highest BCUT2D eigenvalue weighted by Crippen LogP contribution is 2.10. The van der Waals surface area contributed by atoms with Crippen molar-refractivity contribution in [3.05, 3.63) is 0 Å². The van der Waals surface area contributed by atoms with Crippen molar-refractivity contribution >= 4 is 0 Å². The zero-order chi connectivity index (χ0) is 10.2. The second-order valence-corrected chi connectivity index (χ2v) is 3.62. The molecule has 0 saturated carbocycles. The van der Waals surface area contributed by atoms with E-state index in [-0.39, 0.29) is 6.61 Å². The predicted octanol–water partition coefficient (Wildman–Crippen LogP) is 0.106. The van der Waals surface area contributed by atoms with Crippen LogP contribution in [0.15, 0.2) is 0 Å². The van der Waals surface area contributed by atoms with Crippen molar-refractivity contribution in [2.24, 2.45) is 0 Å². The van der Waals surface area contributed by atoms with E-state index in [0.717, 1.165) is 45.8 Å². The van der Waals surface area contributed by atoms with Crippen LogP contribution in [0.4, 0.5) is 0 Å². The first-order valence-electron chi connectivity index (χ1n) is 5.30. The Balaban J connectivity index is 2.22. The normalized spacial score (nSPS) is 24.0. The van der Waals surface area contributed by atoms with Gasteiger partial charge in [0, 0.05) is 39.5 Å². The maximum Gasteiger partial charge on any atom is 0.0623 e. The maximum absolute atomic E-state index is 8.90. The molecule has 1 unspecified atom stereocenters. The first-order valence-corrected chi connectivity index (χ1v) is 5.30. The molecule has 1 saturated heterocycles. The van der Waals surface area contributed by atoms with Crippen LogP contribution in [0.25, 0.3) is 0 Å². The van der Waals surface area contributed by atoms with E-state index in [4.69, 9.17) is 14.6 Å². The number of nitrogens with zero attached hydrogens (tertiary/aromatic N) is 1. The van der Waals surface area contributed by atoms with E-state index < -0.39 is 0 Å². The average molecular weight is 203 g/mol. The largest absolute Gasteiger partial charge is 0.396 e. The Labute approximate surface area is 85.8 Å². The molecule has 84 valence electrons. The average Bonchev–Trinajstić information content (AvgIpc) is 2.21. The van der Waals surface area contributed by atoms with Gasteiger partial charge in [0.15, 0.2) is 0 Å². The maximum atomic E-state index is 8.90. The Morgan fingerprint density at radius 2 is 2.43 bits per heavy atom. The van der Waals surface area contributed by atoms with Gasteiger partial charge in [0.05, 0.1) is 13.2 Å². The molecule has 1 aliphatic heterocycles. The molecule has 1 rings (SSSR count). The molecule has 0 aromatic rings. The minimum atomic E-state index is 0.245. The van der Waals surface area contributed by atoms with Crippen LogP contribution in [-0.2, 0) is 9.47 Å². The van der Waals surface area contributed by atoms with Crippen LogP contribution in [0.1, 0.15) is 12.8 Å². The van der Waals surface area contributed by atoms with Crippen molar-refractivity contribution in [1.29, 1.82) is 0 Å². The fourth-order valence-electron chi connectivity index (χ4n) is 1.81. The van der Waals surface area contributed by atoms with Gasteiger partial charge in [-0.2, -0.15) is 0 Å². The van der Waals surface area contributed by atoms with Crippen LogP contribution >= 0.6 is 0 Å². The second kappa shape index (κ2) is 7.17. The lowest BCUT2D eigenvalue weighted by Gasteiger charge is -2.35. The Morgan fingerprint density at radius 3 is 3.14 bits per heavy atom. The second-order valence-electron chi connectivity index (χ2n) is 3.62. The smallest absolute Gasteiger partial charge is 0.0623 e. The molecule has 0 aromatic carbocycles. The molecule has 4 heteroatoms. The third kappa shape index (κ3) is 3.92. The van der Waals surface area contributed by atoms with Gasteiger partial charge in [-0.25, -0.2) is 0 Å². The predicted molar refractivity (Wildman–Crippen MR) is 54.4 cm³/mol. The van der Waals surface area contributed by atoms with Gasteiger partial charge >= 0.3 is 0 Å². The van der Waals surface area contributed by atoms with Gasteiger partial charge < -0.3 is 14.6 Å². The van der Waals surface area contributed by atoms with E-state index in [1.165, 1.54) is 0 Å². The summed E-state index contributed by atoms with van der Waals surface area (Å²) < 4.78 is 10.4. The van der Waals surface area contributed by atoms with Crippen LogP contribution in [-0.4, -0.2) is 62.7 Å². The van der Waals surface area contributed by atoms with Crippen LogP contribution in [0.2, 0.25) is 0 Å². The van der Waals surface area contributed by atoms with E-state index in [0.29, 0.717) is 6.04 Å². The Bertz CT molecular complexity index is 141. The third-order valence-corrected chi connectivity index (χ3v) is 2.61. The number of aliphatic hydroxyl groups excluding tert-OH is 1. The van der Waals surface area contributed by atoms with E-state index >= 15 is 0 Å². The monoisotopic (exact) mass is 203 g/mol. The number of methoxy groups -OCH3 is 1. The molecule has 1 heterocycles. The number of hydrogen-bond acceptors (Lipinski definition) is 4. The molecule has 0 spiro atoms. The van der Waals surface area contributed by atoms with Gasteiger partial charge in [0.2, 0.25) is 0 Å². The van der Waals surface area contributed by atoms with Gasteiger partial charge in [-0.1, -0.05) is 0 Å². The van der Waals surface area contributed by atoms with Crippen LogP contribution in [0.5, 0.6) is 0 Å². The Morgan fingerprint density at radius 1 is 1.57 bits per heavy atom. The van der Waals surface area contributed by atoms with Crippen molar-refractivity contribution in [3.63, 3.8) is 0 Å². The molecule has 0 bridgehead atoms. The minimum Gasteiger partial charge on any atom is -0.396 e. The summed E-state index contributed by atoms with van der Waals surface area (Å²) in [5, 5.41) is 8.90. The molecule has 14 heavy (non-hydrogen) atoms. The highest BCUT2D eigenvalue weighted by Gasteiger charge is 2.21. The number of ether oxygens (including phenoxy) is 2. The summed E-state index contributed by atoms with van der Waals surface area (Å²) in [6.45, 7) is 4.65. The minimum absolute atomic E-state index is 0.245. The SMILES string of the molecule is COCCCN1CCOCC1CCO. The van der Waals surface area contributed by atoms with Crippen molar-refractivity contribution in [2.75, 3.05) is 46.6 Å². The highest BCUT2D eigenvalue weighted by molar-refractivity contribution is 4.74. The summed E-state index contributed by atoms with van der Waals surface area (Å²) in [6.07, 6.45) is 1.87. The standard InChI is InChI=1S/C10H21NO3/c1-13-7-2-4-11-5-8-14-9-10(11)3-6-12/h10,12H,2-9H2,1H3. The topological polar surface area (TPSA) is 41.9 Å². The lowest BCUT2D eigenvalue weighted by Crippen LogP contribution is -2.46. The molecule has 1 fully saturated rings. The van der Waals surface area contributed by atoms with Crippen molar-refractivity contribution in [2.45, 2.75) is 18.9 Å². The molecule has 1 N–H and O–H groups in total. The Hall–Kier alpha value is -0.160. The van der Waals surface area contributed by atoms with E-state index in [1.807, 2.05) is 0 Å². The molecule has 0 aliphatic carbocycles. The molecular weight excluding hydrogens is 182 g/mol. The fraction of sp³-hybridized carbons (Fsp3) is 1.00. The summed E-state index contributed by atoms with van der Waals surface area (Å²) in [7, 11) is 1.73. The van der Waals surface area contributed by atoms with Gasteiger partial charge in [-0.05, 0) is 12.8 Å². The zero-order valence-electron chi connectivity index (χ0n) is 8.95. The first kappa shape index (κ1) is 11.9. The summed E-state index contributed by atoms with van der Waals surface area (Å²) in [6, 6.07) is 0.394. The molecular formula is C10H21NO3. The summed E-state index contributed by atoms with van der Waals surface area (Å²) in [4.78, 5) is 2.39. The molecule has 0 aromatic heterocycles. The number of aliphatic hydroxyl groups is 1. The molecule has 1 atom stereocenters. The Kier molecular flexibility index (Phi) is 6.10. The van der Waals surface area contributed by atoms with Crippen LogP contribution < -0.4 is 0 Å². The zero-order valence-corrected chi connectivity index (χ0v) is 8.95.